The van der Waals surface area contributed by atoms with E-state index in [0.717, 1.165) is 6.08 Å². The molecule has 1 aliphatic rings. The van der Waals surface area contributed by atoms with E-state index < -0.39 is 23.1 Å². The average Bonchev–Trinajstić information content (AvgIpc) is 2.59. The highest BCUT2D eigenvalue weighted by Crippen LogP contribution is 2.48. The van der Waals surface area contributed by atoms with Gasteiger partial charge >= 0.3 is 5.97 Å². The zero-order valence-electron chi connectivity index (χ0n) is 6.53. The van der Waals surface area contributed by atoms with E-state index >= 15 is 0 Å². The molecule has 2 atom stereocenters. The zero-order chi connectivity index (χ0) is 9.57. The second kappa shape index (κ2) is 2.07. The van der Waals surface area contributed by atoms with Gasteiger partial charge in [0, 0.05) is 0 Å². The molecule has 1 aliphatic heterocycles. The van der Waals surface area contributed by atoms with Gasteiger partial charge in [-0.2, -0.15) is 0 Å². The predicted molar refractivity (Wildman–Crippen MR) is 39.2 cm³/mol. The van der Waals surface area contributed by atoms with Crippen molar-refractivity contribution in [1.29, 1.82) is 0 Å². The summed E-state index contributed by atoms with van der Waals surface area (Å²) in [4.78, 5) is 21.4. The van der Waals surface area contributed by atoms with Crippen LogP contribution < -0.4 is 5.73 Å². The molecule has 0 spiro atoms. The Labute approximate surface area is 68.8 Å². The molecule has 3 N–H and O–H groups in total. The van der Waals surface area contributed by atoms with Crippen LogP contribution in [0.5, 0.6) is 0 Å². The summed E-state index contributed by atoms with van der Waals surface area (Å²) in [5, 5.41) is 8.65. The molecular weight excluding hydrogens is 162 g/mol. The van der Waals surface area contributed by atoms with E-state index in [1.165, 1.54) is 6.92 Å². The maximum atomic E-state index is 10.8. The van der Waals surface area contributed by atoms with Crippen LogP contribution in [0, 0.1) is 0 Å². The highest BCUT2D eigenvalue weighted by Gasteiger charge is 2.74. The van der Waals surface area contributed by atoms with Crippen LogP contribution in [0.15, 0.2) is 12.7 Å². The van der Waals surface area contributed by atoms with Crippen molar-refractivity contribution in [2.24, 2.45) is 5.73 Å². The summed E-state index contributed by atoms with van der Waals surface area (Å²) in [5.41, 5.74) is 1.89. The number of nitrogens with two attached hydrogens (primary N) is 1. The summed E-state index contributed by atoms with van der Waals surface area (Å²) in [6.45, 7) is 4.58. The molecule has 1 amide bonds. The second-order valence-electron chi connectivity index (χ2n) is 2.74. The lowest BCUT2D eigenvalue weighted by Crippen LogP contribution is -2.40. The Morgan fingerprint density at radius 3 is 2.25 bits per heavy atom. The minimum absolute atomic E-state index is 0.831. The van der Waals surface area contributed by atoms with Crippen LogP contribution in [0.1, 0.15) is 6.92 Å². The second-order valence-corrected chi connectivity index (χ2v) is 2.74. The molecule has 1 fully saturated rings. The molecule has 1 rings (SSSR count). The van der Waals surface area contributed by atoms with Gasteiger partial charge in [-0.05, 0) is 13.0 Å². The molecular formula is C7H9NO4. The van der Waals surface area contributed by atoms with Gasteiger partial charge in [-0.15, -0.1) is 0 Å². The van der Waals surface area contributed by atoms with Crippen LogP contribution in [0.2, 0.25) is 0 Å². The Morgan fingerprint density at radius 1 is 1.67 bits per heavy atom. The lowest BCUT2D eigenvalue weighted by Gasteiger charge is -2.03. The molecule has 5 heteroatoms. The highest BCUT2D eigenvalue weighted by atomic mass is 16.7. The van der Waals surface area contributed by atoms with Gasteiger partial charge in [0.15, 0.2) is 0 Å². The maximum absolute atomic E-state index is 10.8. The fourth-order valence-electron chi connectivity index (χ4n) is 1.12. The summed E-state index contributed by atoms with van der Waals surface area (Å²) in [7, 11) is 0. The average molecular weight is 171 g/mol. The number of aliphatic carboxylic acids is 1. The summed E-state index contributed by atoms with van der Waals surface area (Å²) in [5.74, 6) is -2.05. The first kappa shape index (κ1) is 8.73. The number of carboxylic acid groups (broad SMARTS) is 1. The first-order valence-corrected chi connectivity index (χ1v) is 3.28. The van der Waals surface area contributed by atoms with E-state index in [9.17, 15) is 9.59 Å². The number of carboxylic acids is 1. The molecule has 0 bridgehead atoms. The third-order valence-corrected chi connectivity index (χ3v) is 2.09. The molecule has 1 saturated heterocycles. The van der Waals surface area contributed by atoms with E-state index in [2.05, 4.69) is 6.58 Å². The van der Waals surface area contributed by atoms with Crippen LogP contribution in [0.3, 0.4) is 0 Å². The monoisotopic (exact) mass is 171 g/mol. The van der Waals surface area contributed by atoms with Gasteiger partial charge in [0.2, 0.25) is 11.2 Å². The quantitative estimate of drug-likeness (QED) is 0.432. The highest BCUT2D eigenvalue weighted by molar-refractivity contribution is 6.00. The number of rotatable bonds is 3. The van der Waals surface area contributed by atoms with E-state index in [0.29, 0.717) is 0 Å². The Kier molecular flexibility index (Phi) is 1.51. The van der Waals surface area contributed by atoms with Crippen molar-refractivity contribution in [1.82, 2.24) is 0 Å². The minimum Gasteiger partial charge on any atom is -0.479 e. The SMILES string of the molecule is C=CC1(C(N)=O)OC1(C)C(=O)O. The van der Waals surface area contributed by atoms with Crippen LogP contribution in [0.25, 0.3) is 0 Å². The topological polar surface area (TPSA) is 92.9 Å². The number of epoxide rings is 1. The molecule has 0 radical (unpaired) electrons. The number of carbonyl (C=O) groups excluding carboxylic acids is 1. The first-order valence-electron chi connectivity index (χ1n) is 3.28. The Morgan fingerprint density at radius 2 is 2.17 bits per heavy atom. The lowest BCUT2D eigenvalue weighted by atomic mass is 9.94. The standard InChI is InChI=1S/C7H9NO4/c1-3-7(4(8)9)6(2,12-7)5(10)11/h3H,1H2,2H3,(H2,8,9)(H,10,11). The van der Waals surface area contributed by atoms with Gasteiger partial charge in [0.05, 0.1) is 0 Å². The molecule has 0 aromatic carbocycles. The molecule has 0 aromatic heterocycles. The van der Waals surface area contributed by atoms with Crippen LogP contribution in [-0.4, -0.2) is 28.2 Å². The van der Waals surface area contributed by atoms with Crippen LogP contribution in [-0.2, 0) is 14.3 Å². The molecule has 0 aromatic rings. The van der Waals surface area contributed by atoms with Crippen molar-refractivity contribution in [3.05, 3.63) is 12.7 Å². The number of amides is 1. The van der Waals surface area contributed by atoms with Crippen molar-refractivity contribution in [3.8, 4) is 0 Å². The van der Waals surface area contributed by atoms with E-state index in [1.807, 2.05) is 0 Å². The molecule has 66 valence electrons. The molecule has 2 unspecified atom stereocenters. The molecule has 12 heavy (non-hydrogen) atoms. The third kappa shape index (κ3) is 0.711. The van der Waals surface area contributed by atoms with Gasteiger partial charge in [-0.25, -0.2) is 4.79 Å². The number of hydrogen-bond donors (Lipinski definition) is 2. The Hall–Kier alpha value is -1.36. The summed E-state index contributed by atoms with van der Waals surface area (Å²) in [6.07, 6.45) is 1.11. The van der Waals surface area contributed by atoms with Gasteiger partial charge in [0.25, 0.3) is 5.91 Å². The van der Waals surface area contributed by atoms with Gasteiger partial charge in [0.1, 0.15) is 0 Å². The predicted octanol–water partition coefficient (Wildman–Crippen LogP) is -0.730. The van der Waals surface area contributed by atoms with E-state index in [4.69, 9.17) is 15.6 Å². The molecule has 0 aliphatic carbocycles. The largest absolute Gasteiger partial charge is 0.479 e. The lowest BCUT2D eigenvalue weighted by molar-refractivity contribution is -0.142. The fraction of sp³-hybridized carbons (Fsp3) is 0.429. The third-order valence-electron chi connectivity index (χ3n) is 2.09. The zero-order valence-corrected chi connectivity index (χ0v) is 6.53. The Balaban J connectivity index is 3.01. The summed E-state index contributed by atoms with van der Waals surface area (Å²) >= 11 is 0. The molecule has 0 saturated carbocycles. The first-order chi connectivity index (χ1) is 5.40. The van der Waals surface area contributed by atoms with Crippen LogP contribution >= 0.6 is 0 Å². The normalized spacial score (nSPS) is 38.8. The van der Waals surface area contributed by atoms with Crippen molar-refractivity contribution >= 4 is 11.9 Å². The summed E-state index contributed by atoms with van der Waals surface area (Å²) in [6, 6.07) is 0. The van der Waals surface area contributed by atoms with Crippen LogP contribution in [0.4, 0.5) is 0 Å². The smallest absolute Gasteiger partial charge is 0.339 e. The van der Waals surface area contributed by atoms with Gasteiger partial charge in [-0.3, -0.25) is 4.79 Å². The van der Waals surface area contributed by atoms with Gasteiger partial charge < -0.3 is 15.6 Å². The van der Waals surface area contributed by atoms with E-state index in [-0.39, 0.29) is 0 Å². The number of ether oxygens (including phenoxy) is 1. The van der Waals surface area contributed by atoms with Crippen molar-refractivity contribution < 1.29 is 19.4 Å². The fourth-order valence-corrected chi connectivity index (χ4v) is 1.12. The number of primary amides is 1. The van der Waals surface area contributed by atoms with Crippen molar-refractivity contribution in [2.75, 3.05) is 0 Å². The van der Waals surface area contributed by atoms with Crippen molar-refractivity contribution in [3.63, 3.8) is 0 Å². The molecule has 1 heterocycles. The number of hydrogen-bond acceptors (Lipinski definition) is 3. The Bertz CT molecular complexity index is 275. The van der Waals surface area contributed by atoms with E-state index in [1.54, 1.807) is 0 Å². The van der Waals surface area contributed by atoms with Gasteiger partial charge in [-0.1, -0.05) is 6.58 Å². The molecule has 5 nitrogen and oxygen atoms in total. The maximum Gasteiger partial charge on any atom is 0.339 e. The minimum atomic E-state index is -1.54. The number of carbonyl (C=O) groups is 2. The van der Waals surface area contributed by atoms with Crippen molar-refractivity contribution in [2.45, 2.75) is 18.1 Å². The summed E-state index contributed by atoms with van der Waals surface area (Å²) < 4.78 is 4.77.